The lowest BCUT2D eigenvalue weighted by Gasteiger charge is -2.21. The number of carbonyl (C=O) groups excluding carboxylic acids is 1. The van der Waals surface area contributed by atoms with E-state index in [1.807, 2.05) is 26.0 Å². The molecule has 2 aromatic heterocycles. The van der Waals surface area contributed by atoms with Crippen molar-refractivity contribution in [2.75, 3.05) is 5.32 Å². The maximum Gasteiger partial charge on any atom is 0.312 e. The van der Waals surface area contributed by atoms with Gasteiger partial charge in [0.1, 0.15) is 24.0 Å². The van der Waals surface area contributed by atoms with Crippen molar-refractivity contribution < 1.29 is 9.18 Å². The Morgan fingerprint density at radius 2 is 2.00 bits per heavy atom. The van der Waals surface area contributed by atoms with Crippen molar-refractivity contribution >= 4 is 23.3 Å². The van der Waals surface area contributed by atoms with Crippen LogP contribution in [0.1, 0.15) is 25.8 Å². The summed E-state index contributed by atoms with van der Waals surface area (Å²) >= 11 is 5.89. The second-order valence-electron chi connectivity index (χ2n) is 7.02. The lowest BCUT2D eigenvalue weighted by molar-refractivity contribution is -0.122. The Balaban J connectivity index is 1.73. The van der Waals surface area contributed by atoms with Gasteiger partial charge in [0.15, 0.2) is 0 Å². The third-order valence-electron chi connectivity index (χ3n) is 4.18. The molecule has 2 heterocycles. The molecular weight excluding hydrogens is 395 g/mol. The van der Waals surface area contributed by atoms with Gasteiger partial charge in [-0.15, -0.1) is 0 Å². The number of amides is 1. The molecule has 7 nitrogen and oxygen atoms in total. The summed E-state index contributed by atoms with van der Waals surface area (Å²) in [5.74, 6) is 0.598. The number of hydrogen-bond acceptors (Lipinski definition) is 5. The molecule has 1 aromatic carbocycles. The van der Waals surface area contributed by atoms with E-state index in [1.54, 1.807) is 35.2 Å². The standard InChI is InChI=1S/C20H22ClFN6O/c1-13(2)9-16(19(29)24-11-14-3-5-15(21)6-4-14)25-17-10-18(27-20(22)26-17)28-8-7-23-12-28/h3-8,10,12-13,16H,9,11H2,1-2H3,(H,24,29)(H,25,26,27)/t16-/m1/s1. The zero-order valence-corrected chi connectivity index (χ0v) is 16.9. The molecule has 3 aromatic rings. The Morgan fingerprint density at radius 1 is 1.24 bits per heavy atom. The summed E-state index contributed by atoms with van der Waals surface area (Å²) in [5.41, 5.74) is 0.932. The van der Waals surface area contributed by atoms with Crippen LogP contribution in [0.25, 0.3) is 5.82 Å². The maximum absolute atomic E-state index is 13.9. The van der Waals surface area contributed by atoms with Gasteiger partial charge in [0.2, 0.25) is 5.91 Å². The van der Waals surface area contributed by atoms with Gasteiger partial charge in [-0.1, -0.05) is 37.6 Å². The highest BCUT2D eigenvalue weighted by atomic mass is 35.5. The normalized spacial score (nSPS) is 12.0. The lowest BCUT2D eigenvalue weighted by atomic mass is 10.0. The molecule has 0 aliphatic carbocycles. The van der Waals surface area contributed by atoms with Gasteiger partial charge in [-0.05, 0) is 30.0 Å². The molecule has 152 valence electrons. The molecule has 0 fully saturated rings. The van der Waals surface area contributed by atoms with Gasteiger partial charge in [-0.3, -0.25) is 9.36 Å². The minimum absolute atomic E-state index is 0.197. The first-order valence-corrected chi connectivity index (χ1v) is 9.60. The summed E-state index contributed by atoms with van der Waals surface area (Å²) in [6.45, 7) is 4.39. The zero-order valence-electron chi connectivity index (χ0n) is 16.1. The van der Waals surface area contributed by atoms with Crippen molar-refractivity contribution in [2.45, 2.75) is 32.9 Å². The van der Waals surface area contributed by atoms with Gasteiger partial charge in [-0.25, -0.2) is 4.98 Å². The van der Waals surface area contributed by atoms with E-state index in [-0.39, 0.29) is 17.6 Å². The van der Waals surface area contributed by atoms with Gasteiger partial charge in [0, 0.05) is 30.0 Å². The van der Waals surface area contributed by atoms with Crippen LogP contribution in [0.3, 0.4) is 0 Å². The number of halogens is 2. The van der Waals surface area contributed by atoms with Crippen molar-refractivity contribution in [3.8, 4) is 5.82 Å². The van der Waals surface area contributed by atoms with Crippen LogP contribution in [0.15, 0.2) is 49.1 Å². The van der Waals surface area contributed by atoms with Crippen molar-refractivity contribution in [1.29, 1.82) is 0 Å². The third kappa shape index (κ3) is 5.99. The van der Waals surface area contributed by atoms with Gasteiger partial charge >= 0.3 is 6.08 Å². The Hall–Kier alpha value is -3.00. The molecule has 2 N–H and O–H groups in total. The number of nitrogens with one attached hydrogen (secondary N) is 2. The molecule has 0 unspecified atom stereocenters. The van der Waals surface area contributed by atoms with Gasteiger partial charge in [-0.2, -0.15) is 14.4 Å². The number of aromatic nitrogens is 4. The Morgan fingerprint density at radius 3 is 2.66 bits per heavy atom. The molecule has 0 saturated carbocycles. The first-order valence-electron chi connectivity index (χ1n) is 9.22. The quantitative estimate of drug-likeness (QED) is 0.548. The van der Waals surface area contributed by atoms with Crippen molar-refractivity contribution in [2.24, 2.45) is 5.92 Å². The fourth-order valence-corrected chi connectivity index (χ4v) is 2.93. The van der Waals surface area contributed by atoms with E-state index in [0.29, 0.717) is 23.8 Å². The average molecular weight is 417 g/mol. The first kappa shape index (κ1) is 20.7. The Labute approximate surface area is 173 Å². The summed E-state index contributed by atoms with van der Waals surface area (Å²) in [4.78, 5) is 24.3. The van der Waals surface area contributed by atoms with Crippen LogP contribution in [0.5, 0.6) is 0 Å². The highest BCUT2D eigenvalue weighted by Gasteiger charge is 2.21. The summed E-state index contributed by atoms with van der Waals surface area (Å²) < 4.78 is 15.5. The van der Waals surface area contributed by atoms with Gasteiger partial charge in [0.25, 0.3) is 0 Å². The molecule has 0 aliphatic heterocycles. The third-order valence-corrected chi connectivity index (χ3v) is 4.43. The van der Waals surface area contributed by atoms with E-state index < -0.39 is 12.1 Å². The van der Waals surface area contributed by atoms with E-state index in [4.69, 9.17) is 11.6 Å². The number of carbonyl (C=O) groups is 1. The number of anilines is 1. The topological polar surface area (TPSA) is 84.7 Å². The predicted molar refractivity (Wildman–Crippen MR) is 109 cm³/mol. The SMILES string of the molecule is CC(C)C[C@@H](Nc1cc(-n2ccnc2)nc(F)n1)C(=O)NCc1ccc(Cl)cc1. The van der Waals surface area contributed by atoms with Crippen LogP contribution >= 0.6 is 11.6 Å². The number of nitrogens with zero attached hydrogens (tertiary/aromatic N) is 4. The molecule has 9 heteroatoms. The minimum Gasteiger partial charge on any atom is -0.358 e. The Bertz CT molecular complexity index is 946. The lowest BCUT2D eigenvalue weighted by Crippen LogP contribution is -2.40. The van der Waals surface area contributed by atoms with Crippen LogP contribution in [0, 0.1) is 12.0 Å². The maximum atomic E-state index is 13.9. The molecule has 0 aliphatic rings. The van der Waals surface area contributed by atoms with Gasteiger partial charge < -0.3 is 10.6 Å². The van der Waals surface area contributed by atoms with Crippen LogP contribution in [0.4, 0.5) is 10.2 Å². The molecule has 29 heavy (non-hydrogen) atoms. The average Bonchev–Trinajstić information content (AvgIpc) is 3.21. The van der Waals surface area contributed by atoms with Gasteiger partial charge in [0.05, 0.1) is 0 Å². The second kappa shape index (κ2) is 9.47. The van der Waals surface area contributed by atoms with E-state index in [9.17, 15) is 9.18 Å². The van der Waals surface area contributed by atoms with E-state index in [1.165, 1.54) is 6.33 Å². The smallest absolute Gasteiger partial charge is 0.312 e. The van der Waals surface area contributed by atoms with E-state index in [2.05, 4.69) is 25.6 Å². The molecule has 0 spiro atoms. The molecular formula is C20H22ClFN6O. The predicted octanol–water partition coefficient (Wildman–Crippen LogP) is 3.60. The fraction of sp³-hybridized carbons (Fsp3) is 0.300. The molecule has 0 bridgehead atoms. The minimum atomic E-state index is -0.886. The van der Waals surface area contributed by atoms with E-state index >= 15 is 0 Å². The van der Waals surface area contributed by atoms with Crippen molar-refractivity contribution in [3.63, 3.8) is 0 Å². The second-order valence-corrected chi connectivity index (χ2v) is 7.46. The molecule has 0 saturated heterocycles. The summed E-state index contributed by atoms with van der Waals surface area (Å²) in [6.07, 6.45) is 4.40. The largest absolute Gasteiger partial charge is 0.358 e. The molecule has 3 rings (SSSR count). The number of imidazole rings is 1. The summed E-state index contributed by atoms with van der Waals surface area (Å²) in [5, 5.41) is 6.58. The van der Waals surface area contributed by atoms with Crippen LogP contribution in [-0.2, 0) is 11.3 Å². The highest BCUT2D eigenvalue weighted by Crippen LogP contribution is 2.15. The van der Waals surface area contributed by atoms with E-state index in [0.717, 1.165) is 5.56 Å². The van der Waals surface area contributed by atoms with Crippen molar-refractivity contribution in [3.05, 3.63) is 65.7 Å². The van der Waals surface area contributed by atoms with Crippen LogP contribution in [0.2, 0.25) is 5.02 Å². The fourth-order valence-electron chi connectivity index (χ4n) is 2.80. The molecule has 1 amide bonds. The van der Waals surface area contributed by atoms with Crippen LogP contribution in [-0.4, -0.2) is 31.5 Å². The monoisotopic (exact) mass is 416 g/mol. The first-order chi connectivity index (χ1) is 13.9. The number of rotatable bonds is 8. The highest BCUT2D eigenvalue weighted by molar-refractivity contribution is 6.30. The zero-order chi connectivity index (χ0) is 20.8. The van der Waals surface area contributed by atoms with Crippen molar-refractivity contribution in [1.82, 2.24) is 24.8 Å². The summed E-state index contributed by atoms with van der Waals surface area (Å²) in [6, 6.07) is 8.25. The number of hydrogen-bond donors (Lipinski definition) is 2. The molecule has 0 radical (unpaired) electrons. The summed E-state index contributed by atoms with van der Waals surface area (Å²) in [7, 11) is 0. The van der Waals surface area contributed by atoms with Crippen LogP contribution < -0.4 is 10.6 Å². The number of benzene rings is 1. The molecule has 1 atom stereocenters. The Kier molecular flexibility index (Phi) is 6.77.